The fraction of sp³-hybridized carbons (Fsp3) is 0.706. The van der Waals surface area contributed by atoms with Gasteiger partial charge >= 0.3 is 0 Å². The van der Waals surface area contributed by atoms with E-state index in [2.05, 4.69) is 29.4 Å². The summed E-state index contributed by atoms with van der Waals surface area (Å²) in [6, 6.07) is 4.63. The van der Waals surface area contributed by atoms with Gasteiger partial charge in [-0.05, 0) is 49.9 Å². The van der Waals surface area contributed by atoms with Gasteiger partial charge in [0.2, 0.25) is 0 Å². The van der Waals surface area contributed by atoms with Gasteiger partial charge in [0.05, 0.1) is 5.60 Å². The minimum absolute atomic E-state index is 0.0106. The number of aromatic nitrogens is 1. The normalized spacial score (nSPS) is 19.7. The summed E-state index contributed by atoms with van der Waals surface area (Å²) in [4.78, 5) is 4.11. The zero-order chi connectivity index (χ0) is 14.3. The van der Waals surface area contributed by atoms with Gasteiger partial charge in [0, 0.05) is 25.5 Å². The highest BCUT2D eigenvalue weighted by atomic mass is 16.5. The summed E-state index contributed by atoms with van der Waals surface area (Å²) < 4.78 is 6.03. The molecule has 0 radical (unpaired) electrons. The Morgan fingerprint density at radius 3 is 2.55 bits per heavy atom. The first-order chi connectivity index (χ1) is 9.80. The third-order valence-electron chi connectivity index (χ3n) is 4.57. The van der Waals surface area contributed by atoms with Crippen LogP contribution in [0.25, 0.3) is 0 Å². The van der Waals surface area contributed by atoms with Crippen LogP contribution >= 0.6 is 0 Å². The van der Waals surface area contributed by atoms with Crippen LogP contribution in [-0.2, 0) is 11.2 Å². The number of hydrogen-bond donors (Lipinski definition) is 1. The molecule has 1 aliphatic carbocycles. The van der Waals surface area contributed by atoms with Gasteiger partial charge in [-0.15, -0.1) is 0 Å². The number of nitrogens with zero attached hydrogens (tertiary/aromatic N) is 1. The van der Waals surface area contributed by atoms with Crippen LogP contribution in [0.15, 0.2) is 24.5 Å². The molecule has 112 valence electrons. The number of nitrogens with one attached hydrogen (secondary N) is 1. The molecule has 0 amide bonds. The van der Waals surface area contributed by atoms with Gasteiger partial charge in [0.1, 0.15) is 0 Å². The smallest absolute Gasteiger partial charge is 0.0834 e. The summed E-state index contributed by atoms with van der Waals surface area (Å²) in [5, 5.41) is 3.73. The third-order valence-corrected chi connectivity index (χ3v) is 4.57. The van der Waals surface area contributed by atoms with Crippen LogP contribution in [0.4, 0.5) is 0 Å². The molecule has 0 aromatic carbocycles. The molecule has 3 nitrogen and oxygen atoms in total. The van der Waals surface area contributed by atoms with Gasteiger partial charge in [-0.3, -0.25) is 4.98 Å². The molecule has 1 fully saturated rings. The molecule has 1 heterocycles. The van der Waals surface area contributed by atoms with E-state index < -0.39 is 0 Å². The summed E-state index contributed by atoms with van der Waals surface area (Å²) in [6.07, 6.45) is 12.2. The van der Waals surface area contributed by atoms with Crippen molar-refractivity contribution in [3.8, 4) is 0 Å². The van der Waals surface area contributed by atoms with Crippen molar-refractivity contribution in [3.63, 3.8) is 0 Å². The minimum Gasteiger partial charge on any atom is -0.377 e. The van der Waals surface area contributed by atoms with Crippen LogP contribution in [0.2, 0.25) is 0 Å². The Morgan fingerprint density at radius 1 is 1.25 bits per heavy atom. The Balaban J connectivity index is 2.12. The second-order valence-electron chi connectivity index (χ2n) is 5.90. The zero-order valence-corrected chi connectivity index (χ0v) is 12.9. The maximum atomic E-state index is 6.03. The van der Waals surface area contributed by atoms with Crippen molar-refractivity contribution in [2.24, 2.45) is 0 Å². The second-order valence-corrected chi connectivity index (χ2v) is 5.90. The predicted octanol–water partition coefficient (Wildman–Crippen LogP) is 3.34. The molecule has 1 aliphatic rings. The van der Waals surface area contributed by atoms with Gasteiger partial charge in [-0.1, -0.05) is 26.2 Å². The van der Waals surface area contributed by atoms with Crippen LogP contribution < -0.4 is 5.32 Å². The highest BCUT2D eigenvalue weighted by molar-refractivity contribution is 5.14. The molecule has 1 N–H and O–H groups in total. The molecule has 0 aliphatic heterocycles. The lowest BCUT2D eigenvalue weighted by atomic mass is 9.77. The van der Waals surface area contributed by atoms with E-state index in [0.717, 1.165) is 19.4 Å². The first-order valence-electron chi connectivity index (χ1n) is 7.98. The van der Waals surface area contributed by atoms with Crippen LogP contribution in [0.1, 0.15) is 51.0 Å². The molecule has 0 saturated heterocycles. The Bertz CT molecular complexity index is 374. The van der Waals surface area contributed by atoms with Gasteiger partial charge in [-0.2, -0.15) is 0 Å². The summed E-state index contributed by atoms with van der Waals surface area (Å²) in [7, 11) is 1.89. The summed E-state index contributed by atoms with van der Waals surface area (Å²) in [5.41, 5.74) is 1.35. The van der Waals surface area contributed by atoms with E-state index in [1.54, 1.807) is 0 Å². The highest BCUT2D eigenvalue weighted by Gasteiger charge is 2.39. The fourth-order valence-electron chi connectivity index (χ4n) is 3.36. The maximum absolute atomic E-state index is 6.03. The van der Waals surface area contributed by atoms with E-state index >= 15 is 0 Å². The first kappa shape index (κ1) is 15.5. The van der Waals surface area contributed by atoms with E-state index in [1.165, 1.54) is 37.7 Å². The molecule has 0 bridgehead atoms. The van der Waals surface area contributed by atoms with Crippen molar-refractivity contribution in [3.05, 3.63) is 30.1 Å². The Labute approximate surface area is 123 Å². The van der Waals surface area contributed by atoms with Gasteiger partial charge in [0.15, 0.2) is 0 Å². The average Bonchev–Trinajstić information content (AvgIpc) is 2.53. The molecule has 1 saturated carbocycles. The molecule has 3 heteroatoms. The summed E-state index contributed by atoms with van der Waals surface area (Å²) >= 11 is 0. The maximum Gasteiger partial charge on any atom is 0.0834 e. The molecular formula is C17H28N2O. The second kappa shape index (κ2) is 7.75. The standard InChI is InChI=1S/C17H28N2O/c1-3-11-19-16(14-15-7-12-18-13-8-15)17(20-2)9-5-4-6-10-17/h7-8,12-13,16,19H,3-6,9-11,14H2,1-2H3. The van der Waals surface area contributed by atoms with Crippen molar-refractivity contribution < 1.29 is 4.74 Å². The Hall–Kier alpha value is -0.930. The summed E-state index contributed by atoms with van der Waals surface area (Å²) in [6.45, 7) is 3.28. The molecule has 2 rings (SSSR count). The van der Waals surface area contributed by atoms with Gasteiger partial charge < -0.3 is 10.1 Å². The van der Waals surface area contributed by atoms with E-state index in [0.29, 0.717) is 6.04 Å². The zero-order valence-electron chi connectivity index (χ0n) is 12.9. The SMILES string of the molecule is CCCNC(Cc1ccncc1)C1(OC)CCCCC1. The Kier molecular flexibility index (Phi) is 5.99. The lowest BCUT2D eigenvalue weighted by Gasteiger charge is -2.43. The number of rotatable bonds is 7. The van der Waals surface area contributed by atoms with Crippen LogP contribution in [0.3, 0.4) is 0 Å². The third kappa shape index (κ3) is 3.80. The first-order valence-corrected chi connectivity index (χ1v) is 7.98. The van der Waals surface area contributed by atoms with Crippen molar-refractivity contribution in [1.29, 1.82) is 0 Å². The van der Waals surface area contributed by atoms with E-state index in [1.807, 2.05) is 19.5 Å². The monoisotopic (exact) mass is 276 g/mol. The van der Waals surface area contributed by atoms with Crippen molar-refractivity contribution in [2.45, 2.75) is 63.5 Å². The number of pyridine rings is 1. The van der Waals surface area contributed by atoms with E-state index in [-0.39, 0.29) is 5.60 Å². The van der Waals surface area contributed by atoms with Gasteiger partial charge in [-0.25, -0.2) is 0 Å². The molecule has 1 atom stereocenters. The van der Waals surface area contributed by atoms with Crippen LogP contribution in [-0.4, -0.2) is 30.3 Å². The fourth-order valence-corrected chi connectivity index (χ4v) is 3.36. The highest BCUT2D eigenvalue weighted by Crippen LogP contribution is 2.35. The average molecular weight is 276 g/mol. The van der Waals surface area contributed by atoms with Gasteiger partial charge in [0.25, 0.3) is 0 Å². The van der Waals surface area contributed by atoms with Crippen LogP contribution in [0, 0.1) is 0 Å². The molecule has 1 unspecified atom stereocenters. The number of hydrogen-bond acceptors (Lipinski definition) is 3. The molecule has 1 aromatic rings. The Morgan fingerprint density at radius 2 is 1.95 bits per heavy atom. The summed E-state index contributed by atoms with van der Waals surface area (Å²) in [5.74, 6) is 0. The van der Waals surface area contributed by atoms with Crippen LogP contribution in [0.5, 0.6) is 0 Å². The van der Waals surface area contributed by atoms with Crippen molar-refractivity contribution >= 4 is 0 Å². The predicted molar refractivity (Wildman–Crippen MR) is 82.8 cm³/mol. The van der Waals surface area contributed by atoms with E-state index in [9.17, 15) is 0 Å². The number of ether oxygens (including phenoxy) is 1. The topological polar surface area (TPSA) is 34.2 Å². The molecule has 20 heavy (non-hydrogen) atoms. The van der Waals surface area contributed by atoms with E-state index in [4.69, 9.17) is 4.74 Å². The molecular weight excluding hydrogens is 248 g/mol. The lowest BCUT2D eigenvalue weighted by molar-refractivity contribution is -0.0672. The quantitative estimate of drug-likeness (QED) is 0.829. The largest absolute Gasteiger partial charge is 0.377 e. The molecule has 1 aromatic heterocycles. The minimum atomic E-state index is 0.0106. The molecule has 0 spiro atoms. The lowest BCUT2D eigenvalue weighted by Crippen LogP contribution is -2.54. The van der Waals surface area contributed by atoms with Crippen molar-refractivity contribution in [2.75, 3.05) is 13.7 Å². The number of methoxy groups -OCH3 is 1. The van der Waals surface area contributed by atoms with Crippen molar-refractivity contribution in [1.82, 2.24) is 10.3 Å².